The fraction of sp³-hybridized carbons (Fsp3) is 0.0244. The average Bonchev–Trinajstić information content (AvgIpc) is 4.07. The molecule has 2 aromatic heterocycles. The van der Waals surface area contributed by atoms with Gasteiger partial charge in [-0.1, -0.05) is 224 Å². The Kier molecular flexibility index (Phi) is 10.2. The molecular formula is C82H50O2. The van der Waals surface area contributed by atoms with Crippen LogP contribution in [0.2, 0.25) is 0 Å². The molecule has 2 heteroatoms. The number of hydrogen-bond acceptors (Lipinski definition) is 2. The summed E-state index contributed by atoms with van der Waals surface area (Å²) >= 11 is 0. The van der Waals surface area contributed by atoms with Gasteiger partial charge in [0.15, 0.2) is 0 Å². The zero-order valence-electron chi connectivity index (χ0n) is 45.8. The first-order valence-corrected chi connectivity index (χ1v) is 29.2. The Bertz CT molecular complexity index is 5620. The van der Waals surface area contributed by atoms with Crippen LogP contribution in [0.25, 0.3) is 176 Å². The van der Waals surface area contributed by atoms with Crippen molar-refractivity contribution < 1.29 is 8.83 Å². The van der Waals surface area contributed by atoms with E-state index in [1.165, 1.54) is 143 Å². The number of hydrogen-bond donors (Lipinski definition) is 0. The lowest BCUT2D eigenvalue weighted by molar-refractivity contribution is 0.668. The van der Waals surface area contributed by atoms with Crippen LogP contribution < -0.4 is 0 Å². The monoisotopic (exact) mass is 1070 g/mol. The van der Waals surface area contributed by atoms with E-state index in [-0.39, 0.29) is 0 Å². The van der Waals surface area contributed by atoms with Crippen LogP contribution in [-0.4, -0.2) is 0 Å². The first-order valence-electron chi connectivity index (χ1n) is 29.2. The van der Waals surface area contributed by atoms with Crippen molar-refractivity contribution in [2.45, 2.75) is 12.8 Å². The van der Waals surface area contributed by atoms with E-state index in [0.717, 1.165) is 56.7 Å². The van der Waals surface area contributed by atoms with E-state index in [2.05, 4.69) is 279 Å². The third-order valence-corrected chi connectivity index (χ3v) is 18.3. The first-order chi connectivity index (χ1) is 41.6. The van der Waals surface area contributed by atoms with Crippen LogP contribution in [0, 0.1) is 0 Å². The number of rotatable bonds is 6. The zero-order chi connectivity index (χ0) is 55.0. The van der Waals surface area contributed by atoms with Gasteiger partial charge in [0, 0.05) is 21.5 Å². The number of benzene rings is 15. The highest BCUT2D eigenvalue weighted by atomic mass is 16.3. The van der Waals surface area contributed by atoms with Crippen molar-refractivity contribution in [3.8, 4) is 55.6 Å². The summed E-state index contributed by atoms with van der Waals surface area (Å²) < 4.78 is 13.7. The SMILES string of the molecule is C1=C(c2ccc3c(-c4ccc5ccccc5c4)c4ccccc4c(-c4cccc5oc6cc7ccccc7cc6c45)c3c2)CCc2cc3c(cc21)oc1cccc(-c2c4ccccc4c(-c4cccc(-c5ccccc5)c4)c4ccccc24)c13. The minimum absolute atomic E-state index is 0.890. The molecule has 0 radical (unpaired) electrons. The second-order valence-corrected chi connectivity index (χ2v) is 22.9. The molecule has 390 valence electrons. The standard InChI is InChI=1S/C82H50O2/c1-2-17-49(18-3-1)52-23-14-24-58(41-52)77-61-25-8-11-28-64(61)79(65-29-12-9-26-62(65)77)68-31-15-33-73-81(68)72-46-57-37-36-55(43-60(57)48-76(72)84-73)56-39-40-67-70(44-56)80(66-30-13-10-27-63(66)78(67)59-38-35-50-19-4-5-20-51(50)42-59)69-32-16-34-74-82(69)71-45-53-21-6-7-22-54(53)47-75(71)83-74/h1-35,38-48H,36-37H2. The molecule has 0 atom stereocenters. The fourth-order valence-corrected chi connectivity index (χ4v) is 14.5. The van der Waals surface area contributed by atoms with Crippen LogP contribution in [-0.2, 0) is 6.42 Å². The lowest BCUT2D eigenvalue weighted by Crippen LogP contribution is -2.00. The molecule has 0 saturated carbocycles. The molecule has 1 aliphatic rings. The summed E-state index contributed by atoms with van der Waals surface area (Å²) in [6, 6.07) is 101. The van der Waals surface area contributed by atoms with Crippen LogP contribution >= 0.6 is 0 Å². The van der Waals surface area contributed by atoms with Crippen molar-refractivity contribution in [3.05, 3.63) is 290 Å². The summed E-state index contributed by atoms with van der Waals surface area (Å²) in [5.74, 6) is 0. The Hall–Kier alpha value is -10.8. The molecule has 1 aliphatic carbocycles. The third-order valence-electron chi connectivity index (χ3n) is 18.3. The van der Waals surface area contributed by atoms with Crippen LogP contribution in [0.15, 0.2) is 282 Å². The van der Waals surface area contributed by atoms with Gasteiger partial charge in [-0.15, -0.1) is 0 Å². The van der Waals surface area contributed by atoms with Gasteiger partial charge in [0.2, 0.25) is 0 Å². The summed E-state index contributed by atoms with van der Waals surface area (Å²) in [6.45, 7) is 0. The quantitative estimate of drug-likeness (QED) is 0.155. The van der Waals surface area contributed by atoms with Gasteiger partial charge in [-0.3, -0.25) is 0 Å². The van der Waals surface area contributed by atoms with Gasteiger partial charge in [0.25, 0.3) is 0 Å². The second-order valence-electron chi connectivity index (χ2n) is 22.9. The van der Waals surface area contributed by atoms with Crippen LogP contribution in [0.1, 0.15) is 23.1 Å². The van der Waals surface area contributed by atoms with Crippen LogP contribution in [0.5, 0.6) is 0 Å². The summed E-state index contributed by atoms with van der Waals surface area (Å²) in [5.41, 5.74) is 20.8. The predicted molar refractivity (Wildman–Crippen MR) is 356 cm³/mol. The van der Waals surface area contributed by atoms with Gasteiger partial charge in [0.05, 0.1) is 0 Å². The topological polar surface area (TPSA) is 26.3 Å². The lowest BCUT2D eigenvalue weighted by Gasteiger charge is -2.21. The minimum Gasteiger partial charge on any atom is -0.456 e. The maximum atomic E-state index is 6.98. The van der Waals surface area contributed by atoms with Gasteiger partial charge >= 0.3 is 0 Å². The van der Waals surface area contributed by atoms with E-state index in [4.69, 9.17) is 8.83 Å². The molecule has 0 spiro atoms. The van der Waals surface area contributed by atoms with Crippen molar-refractivity contribution in [3.63, 3.8) is 0 Å². The van der Waals surface area contributed by atoms with Crippen molar-refractivity contribution in [2.24, 2.45) is 0 Å². The van der Waals surface area contributed by atoms with Crippen LogP contribution in [0.3, 0.4) is 0 Å². The molecule has 0 unspecified atom stereocenters. The lowest BCUT2D eigenvalue weighted by atomic mass is 9.82. The fourth-order valence-electron chi connectivity index (χ4n) is 14.5. The third kappa shape index (κ3) is 7.17. The van der Waals surface area contributed by atoms with Gasteiger partial charge < -0.3 is 8.83 Å². The molecule has 0 fully saturated rings. The molecule has 18 rings (SSSR count). The molecule has 2 heterocycles. The molecule has 0 aliphatic heterocycles. The Balaban J connectivity index is 0.816. The van der Waals surface area contributed by atoms with E-state index >= 15 is 0 Å². The number of allylic oxidation sites excluding steroid dienone is 1. The van der Waals surface area contributed by atoms with E-state index in [0.29, 0.717) is 0 Å². The van der Waals surface area contributed by atoms with Gasteiger partial charge in [-0.2, -0.15) is 0 Å². The molecule has 0 amide bonds. The van der Waals surface area contributed by atoms with Gasteiger partial charge in [-0.25, -0.2) is 0 Å². The van der Waals surface area contributed by atoms with E-state index in [9.17, 15) is 0 Å². The second kappa shape index (κ2) is 18.4. The molecule has 2 nitrogen and oxygen atoms in total. The molecule has 0 saturated heterocycles. The largest absolute Gasteiger partial charge is 0.456 e. The molecule has 0 N–H and O–H groups in total. The van der Waals surface area contributed by atoms with Crippen molar-refractivity contribution in [1.82, 2.24) is 0 Å². The summed E-state index contributed by atoms with van der Waals surface area (Å²) in [7, 11) is 0. The molecule has 84 heavy (non-hydrogen) atoms. The molecule has 15 aromatic carbocycles. The van der Waals surface area contributed by atoms with Crippen LogP contribution in [0.4, 0.5) is 0 Å². The summed E-state index contributed by atoms with van der Waals surface area (Å²) in [5, 5.41) is 19.2. The normalized spacial score (nSPS) is 12.7. The molecule has 0 bridgehead atoms. The highest BCUT2D eigenvalue weighted by Crippen LogP contribution is 2.51. The van der Waals surface area contributed by atoms with Crippen molar-refractivity contribution >= 4 is 120 Å². The first kappa shape index (κ1) is 46.9. The van der Waals surface area contributed by atoms with Crippen molar-refractivity contribution in [1.29, 1.82) is 0 Å². The average molecular weight is 1070 g/mol. The Labute approximate surface area is 484 Å². The van der Waals surface area contributed by atoms with Crippen molar-refractivity contribution in [2.75, 3.05) is 0 Å². The van der Waals surface area contributed by atoms with E-state index in [1.54, 1.807) is 0 Å². The maximum absolute atomic E-state index is 6.98. The number of fused-ring (bicyclic) bond motifs is 13. The van der Waals surface area contributed by atoms with Gasteiger partial charge in [-0.05, 0) is 210 Å². The summed E-state index contributed by atoms with van der Waals surface area (Å²) in [6.07, 6.45) is 4.25. The van der Waals surface area contributed by atoms with Gasteiger partial charge in [0.1, 0.15) is 22.3 Å². The molecular weight excluding hydrogens is 1020 g/mol. The predicted octanol–water partition coefficient (Wildman–Crippen LogP) is 23.2. The smallest absolute Gasteiger partial charge is 0.136 e. The number of furan rings is 2. The van der Waals surface area contributed by atoms with E-state index in [1.807, 2.05) is 0 Å². The Morgan fingerprint density at radius 1 is 0.238 bits per heavy atom. The highest BCUT2D eigenvalue weighted by Gasteiger charge is 2.25. The summed E-state index contributed by atoms with van der Waals surface area (Å²) in [4.78, 5) is 0. The maximum Gasteiger partial charge on any atom is 0.136 e. The minimum atomic E-state index is 0.890. The van der Waals surface area contributed by atoms with E-state index < -0.39 is 0 Å². The number of aryl methyl sites for hydroxylation is 1. The molecule has 17 aromatic rings. The zero-order valence-corrected chi connectivity index (χ0v) is 45.8. The Morgan fingerprint density at radius 2 is 0.714 bits per heavy atom. The highest BCUT2D eigenvalue weighted by molar-refractivity contribution is 6.28. The Morgan fingerprint density at radius 3 is 1.37 bits per heavy atom.